The molecule has 0 bridgehead atoms. The van der Waals surface area contributed by atoms with Crippen LogP contribution in [0.2, 0.25) is 0 Å². The summed E-state index contributed by atoms with van der Waals surface area (Å²) in [7, 11) is 0. The molecule has 0 aromatic rings. The molecule has 14 heavy (non-hydrogen) atoms. The fourth-order valence-corrected chi connectivity index (χ4v) is 1.79. The highest BCUT2D eigenvalue weighted by Crippen LogP contribution is 2.58. The third kappa shape index (κ3) is 1.72. The molecule has 80 valence electrons. The fraction of sp³-hybridized carbons (Fsp3) is 0.778. The molecule has 2 atom stereocenters. The molecule has 1 aliphatic carbocycles. The summed E-state index contributed by atoms with van der Waals surface area (Å²) in [6.45, 7) is 5.65. The van der Waals surface area contributed by atoms with Gasteiger partial charge in [-0.1, -0.05) is 13.8 Å². The van der Waals surface area contributed by atoms with Crippen molar-refractivity contribution in [1.82, 2.24) is 5.48 Å². The van der Waals surface area contributed by atoms with Crippen LogP contribution in [-0.2, 0) is 14.4 Å². The van der Waals surface area contributed by atoms with Crippen LogP contribution >= 0.6 is 0 Å². The Labute approximate surface area is 82.4 Å². The molecular weight excluding hydrogens is 186 g/mol. The van der Waals surface area contributed by atoms with Gasteiger partial charge >= 0.3 is 5.97 Å². The topological polar surface area (TPSA) is 75.6 Å². The summed E-state index contributed by atoms with van der Waals surface area (Å²) in [5.41, 5.74) is 1.77. The molecule has 0 radical (unpaired) electrons. The second-order valence-electron chi connectivity index (χ2n) is 4.01. The smallest absolute Gasteiger partial charge is 0.307 e. The molecule has 1 aliphatic rings. The third-order valence-electron chi connectivity index (χ3n) is 2.69. The standard InChI is InChI=1S/C9H15NO4/c1-4-14-10-7(11)5-6(8(12)13)9(5,2)3/h5-6H,4H2,1-3H3,(H,10,11)(H,12,13)/t5-,6+/m1/s1. The Bertz CT molecular complexity index is 262. The van der Waals surface area contributed by atoms with E-state index >= 15 is 0 Å². The Morgan fingerprint density at radius 2 is 2.00 bits per heavy atom. The first-order valence-electron chi connectivity index (χ1n) is 4.57. The van der Waals surface area contributed by atoms with Crippen molar-refractivity contribution >= 4 is 11.9 Å². The molecule has 0 heterocycles. The molecule has 0 aromatic heterocycles. The number of amides is 1. The zero-order valence-electron chi connectivity index (χ0n) is 8.53. The van der Waals surface area contributed by atoms with Gasteiger partial charge in [-0.05, 0) is 12.3 Å². The average Bonchev–Trinajstić information content (AvgIpc) is 2.65. The van der Waals surface area contributed by atoms with Gasteiger partial charge < -0.3 is 5.11 Å². The molecule has 0 aliphatic heterocycles. The number of rotatable bonds is 4. The Balaban J connectivity index is 2.55. The molecule has 1 saturated carbocycles. The summed E-state index contributed by atoms with van der Waals surface area (Å²) in [6.07, 6.45) is 0. The number of carboxylic acid groups (broad SMARTS) is 1. The average molecular weight is 201 g/mol. The van der Waals surface area contributed by atoms with Crippen LogP contribution in [0.4, 0.5) is 0 Å². The predicted octanol–water partition coefficient (Wildman–Crippen LogP) is 0.411. The number of hydroxylamine groups is 1. The van der Waals surface area contributed by atoms with Crippen LogP contribution in [0.1, 0.15) is 20.8 Å². The van der Waals surface area contributed by atoms with Crippen LogP contribution in [0.25, 0.3) is 0 Å². The lowest BCUT2D eigenvalue weighted by atomic mass is 10.1. The number of hydrogen-bond donors (Lipinski definition) is 2. The van der Waals surface area contributed by atoms with Crippen LogP contribution < -0.4 is 5.48 Å². The summed E-state index contributed by atoms with van der Waals surface area (Å²) in [4.78, 5) is 26.9. The van der Waals surface area contributed by atoms with Gasteiger partial charge in [0, 0.05) is 0 Å². The van der Waals surface area contributed by atoms with Crippen molar-refractivity contribution in [2.45, 2.75) is 20.8 Å². The summed E-state index contributed by atoms with van der Waals surface area (Å²) in [5, 5.41) is 8.81. The minimum atomic E-state index is -0.924. The maximum Gasteiger partial charge on any atom is 0.307 e. The molecule has 2 N–H and O–H groups in total. The van der Waals surface area contributed by atoms with Crippen LogP contribution in [0.5, 0.6) is 0 Å². The quantitative estimate of drug-likeness (QED) is 0.646. The van der Waals surface area contributed by atoms with Gasteiger partial charge in [0.05, 0.1) is 18.4 Å². The maximum atomic E-state index is 11.4. The minimum absolute atomic E-state index is 0.343. The van der Waals surface area contributed by atoms with Crippen molar-refractivity contribution in [3.05, 3.63) is 0 Å². The van der Waals surface area contributed by atoms with Crippen LogP contribution in [-0.4, -0.2) is 23.6 Å². The molecular formula is C9H15NO4. The number of nitrogens with one attached hydrogen (secondary N) is 1. The first kappa shape index (κ1) is 11.0. The molecule has 0 saturated heterocycles. The van der Waals surface area contributed by atoms with E-state index in [1.165, 1.54) is 0 Å². The lowest BCUT2D eigenvalue weighted by Gasteiger charge is -2.03. The van der Waals surface area contributed by atoms with E-state index in [9.17, 15) is 9.59 Å². The number of carbonyl (C=O) groups is 2. The second-order valence-corrected chi connectivity index (χ2v) is 4.01. The highest BCUT2D eigenvalue weighted by Gasteiger charge is 2.66. The monoisotopic (exact) mass is 201 g/mol. The number of carboxylic acids is 1. The van der Waals surface area contributed by atoms with E-state index in [1.54, 1.807) is 20.8 Å². The van der Waals surface area contributed by atoms with Crippen molar-refractivity contribution in [2.75, 3.05) is 6.61 Å². The predicted molar refractivity (Wildman–Crippen MR) is 48.2 cm³/mol. The van der Waals surface area contributed by atoms with E-state index in [0.717, 1.165) is 0 Å². The molecule has 0 unspecified atom stereocenters. The van der Waals surface area contributed by atoms with Gasteiger partial charge in [-0.15, -0.1) is 0 Å². The lowest BCUT2D eigenvalue weighted by Crippen LogP contribution is -2.27. The van der Waals surface area contributed by atoms with E-state index in [4.69, 9.17) is 9.94 Å². The van der Waals surface area contributed by atoms with E-state index < -0.39 is 23.2 Å². The van der Waals surface area contributed by atoms with Crippen molar-refractivity contribution < 1.29 is 19.5 Å². The van der Waals surface area contributed by atoms with Crippen molar-refractivity contribution in [2.24, 2.45) is 17.3 Å². The first-order chi connectivity index (χ1) is 6.42. The minimum Gasteiger partial charge on any atom is -0.481 e. The third-order valence-corrected chi connectivity index (χ3v) is 2.69. The molecule has 0 spiro atoms. The number of aliphatic carboxylic acids is 1. The highest BCUT2D eigenvalue weighted by molar-refractivity contribution is 5.91. The van der Waals surface area contributed by atoms with Gasteiger partial charge in [0.1, 0.15) is 0 Å². The van der Waals surface area contributed by atoms with E-state index in [2.05, 4.69) is 5.48 Å². The van der Waals surface area contributed by atoms with Gasteiger partial charge in [0.25, 0.3) is 0 Å². The van der Waals surface area contributed by atoms with Gasteiger partial charge in [-0.25, -0.2) is 5.48 Å². The summed E-state index contributed by atoms with van der Waals surface area (Å²) < 4.78 is 0. The number of hydrogen-bond acceptors (Lipinski definition) is 3. The molecule has 1 fully saturated rings. The van der Waals surface area contributed by atoms with E-state index in [-0.39, 0.29) is 5.91 Å². The van der Waals surface area contributed by atoms with Gasteiger partial charge in [0.15, 0.2) is 0 Å². The van der Waals surface area contributed by atoms with Gasteiger partial charge in [-0.2, -0.15) is 0 Å². The highest BCUT2D eigenvalue weighted by atomic mass is 16.6. The van der Waals surface area contributed by atoms with Crippen LogP contribution in [0.15, 0.2) is 0 Å². The van der Waals surface area contributed by atoms with Crippen molar-refractivity contribution in [1.29, 1.82) is 0 Å². The Hall–Kier alpha value is -1.10. The van der Waals surface area contributed by atoms with Crippen LogP contribution in [0.3, 0.4) is 0 Å². The lowest BCUT2D eigenvalue weighted by molar-refractivity contribution is -0.142. The second kappa shape index (κ2) is 3.57. The SMILES string of the molecule is CCONC(=O)[C@H]1[C@@H](C(=O)O)C1(C)C. The van der Waals surface area contributed by atoms with Crippen LogP contribution in [0, 0.1) is 17.3 Å². The van der Waals surface area contributed by atoms with Gasteiger partial charge in [0.2, 0.25) is 5.91 Å². The molecule has 1 amide bonds. The van der Waals surface area contributed by atoms with Crippen molar-refractivity contribution in [3.8, 4) is 0 Å². The summed E-state index contributed by atoms with van der Waals surface area (Å²) in [5.74, 6) is -2.34. The largest absolute Gasteiger partial charge is 0.481 e. The molecule has 1 rings (SSSR count). The summed E-state index contributed by atoms with van der Waals surface area (Å²) >= 11 is 0. The fourth-order valence-electron chi connectivity index (χ4n) is 1.79. The normalized spacial score (nSPS) is 28.2. The first-order valence-corrected chi connectivity index (χ1v) is 4.57. The van der Waals surface area contributed by atoms with E-state index in [0.29, 0.717) is 6.61 Å². The molecule has 0 aromatic carbocycles. The summed E-state index contributed by atoms with van der Waals surface area (Å²) in [6, 6.07) is 0. The van der Waals surface area contributed by atoms with Crippen molar-refractivity contribution in [3.63, 3.8) is 0 Å². The van der Waals surface area contributed by atoms with E-state index in [1.807, 2.05) is 0 Å². The zero-order valence-corrected chi connectivity index (χ0v) is 8.53. The Morgan fingerprint density at radius 1 is 1.43 bits per heavy atom. The molecule has 5 heteroatoms. The maximum absolute atomic E-state index is 11.4. The van der Waals surface area contributed by atoms with Gasteiger partial charge in [-0.3, -0.25) is 14.4 Å². The number of carbonyl (C=O) groups excluding carboxylic acids is 1. The molecule has 5 nitrogen and oxygen atoms in total. The Kier molecular flexibility index (Phi) is 2.80. The zero-order chi connectivity index (χ0) is 10.9. The Morgan fingerprint density at radius 3 is 2.36 bits per heavy atom.